The molecule has 0 heterocycles. The minimum Gasteiger partial charge on any atom is -0.396 e. The molecule has 0 fully saturated rings. The van der Waals surface area contributed by atoms with Crippen LogP contribution in [0.2, 0.25) is 0 Å². The zero-order valence-corrected chi connectivity index (χ0v) is 9.19. The first-order valence-corrected chi connectivity index (χ1v) is 4.73. The Morgan fingerprint density at radius 3 is 1.25 bits per heavy atom. The van der Waals surface area contributed by atoms with Crippen molar-refractivity contribution in [2.24, 2.45) is 5.41 Å². The Morgan fingerprint density at radius 1 is 0.833 bits per heavy atom. The van der Waals surface area contributed by atoms with Crippen molar-refractivity contribution in [1.82, 2.24) is 0 Å². The molecule has 0 radical (unpaired) electrons. The number of thiol groups is 3. The monoisotopic (exact) mass is 230 g/mol. The van der Waals surface area contributed by atoms with E-state index < -0.39 is 8.83 Å². The van der Waals surface area contributed by atoms with Gasteiger partial charge >= 0.3 is 0 Å². The lowest BCUT2D eigenvalue weighted by Gasteiger charge is -2.32. The van der Waals surface area contributed by atoms with Gasteiger partial charge in [0.2, 0.25) is 0 Å². The number of hydrogen-bond donors (Lipinski definition) is 6. The van der Waals surface area contributed by atoms with E-state index in [1.807, 2.05) is 0 Å². The van der Waals surface area contributed by atoms with E-state index in [4.69, 9.17) is 15.3 Å². The first kappa shape index (κ1) is 12.9. The lowest BCUT2D eigenvalue weighted by molar-refractivity contribution is 0.00153. The van der Waals surface area contributed by atoms with Crippen molar-refractivity contribution < 1.29 is 15.3 Å². The molecule has 0 saturated heterocycles. The van der Waals surface area contributed by atoms with E-state index in [2.05, 4.69) is 37.9 Å². The Labute approximate surface area is 88.4 Å². The van der Waals surface area contributed by atoms with E-state index >= 15 is 0 Å². The van der Waals surface area contributed by atoms with Gasteiger partial charge in [-0.2, -0.15) is 37.9 Å². The molecule has 0 atom stereocenters. The largest absolute Gasteiger partial charge is 0.396 e. The maximum atomic E-state index is 8.92. The number of rotatable bonds is 5. The van der Waals surface area contributed by atoms with Crippen LogP contribution in [0.5, 0.6) is 0 Å². The van der Waals surface area contributed by atoms with Gasteiger partial charge in [0.25, 0.3) is 0 Å². The van der Waals surface area contributed by atoms with Crippen LogP contribution in [0.1, 0.15) is 6.42 Å². The second-order valence-electron chi connectivity index (χ2n) is 2.93. The molecule has 0 unspecified atom stereocenters. The SMILES string of the molecule is OCC(CO)(CO)CC(S)(S)S. The molecule has 3 N–H and O–H groups in total. The molecular weight excluding hydrogens is 216 g/mol. The summed E-state index contributed by atoms with van der Waals surface area (Å²) in [4.78, 5) is 0. The quantitative estimate of drug-likeness (QED) is 0.292. The van der Waals surface area contributed by atoms with E-state index in [0.29, 0.717) is 0 Å². The van der Waals surface area contributed by atoms with Crippen molar-refractivity contribution in [3.05, 3.63) is 0 Å². The Balaban J connectivity index is 4.30. The second kappa shape index (κ2) is 4.97. The summed E-state index contributed by atoms with van der Waals surface area (Å²) in [6, 6.07) is 0. The molecule has 0 aromatic rings. The first-order valence-electron chi connectivity index (χ1n) is 3.39. The van der Waals surface area contributed by atoms with E-state index in [9.17, 15) is 0 Å². The molecule has 0 bridgehead atoms. The van der Waals surface area contributed by atoms with Gasteiger partial charge in [-0.1, -0.05) is 0 Å². The average Bonchev–Trinajstić information content (AvgIpc) is 1.99. The van der Waals surface area contributed by atoms with Gasteiger partial charge in [0.15, 0.2) is 0 Å². The van der Waals surface area contributed by atoms with Gasteiger partial charge in [-0.3, -0.25) is 0 Å². The van der Waals surface area contributed by atoms with Crippen molar-refractivity contribution in [2.75, 3.05) is 19.8 Å². The average molecular weight is 230 g/mol. The topological polar surface area (TPSA) is 60.7 Å². The van der Waals surface area contributed by atoms with Crippen molar-refractivity contribution >= 4 is 37.9 Å². The highest BCUT2D eigenvalue weighted by atomic mass is 32.2. The molecule has 0 rings (SSSR count). The van der Waals surface area contributed by atoms with E-state index in [0.717, 1.165) is 0 Å². The summed E-state index contributed by atoms with van der Waals surface area (Å²) in [5.41, 5.74) is -0.953. The van der Waals surface area contributed by atoms with Crippen LogP contribution in [0.25, 0.3) is 0 Å². The highest BCUT2D eigenvalue weighted by Gasteiger charge is 2.34. The van der Waals surface area contributed by atoms with Gasteiger partial charge in [-0.15, -0.1) is 0 Å². The fraction of sp³-hybridized carbons (Fsp3) is 1.00. The standard InChI is InChI=1S/C6H14O3S3/c7-2-5(3-8,4-9)1-6(10,11)12/h7-12H,1-4H2. The van der Waals surface area contributed by atoms with Crippen LogP contribution in [0.15, 0.2) is 0 Å². The highest BCUT2D eigenvalue weighted by molar-refractivity contribution is 8.16. The summed E-state index contributed by atoms with van der Waals surface area (Å²) < 4.78 is -0.909. The smallest absolute Gasteiger partial charge is 0.0988 e. The molecule has 6 heteroatoms. The van der Waals surface area contributed by atoms with Crippen molar-refractivity contribution in [3.8, 4) is 0 Å². The molecule has 0 aliphatic carbocycles. The third-order valence-corrected chi connectivity index (χ3v) is 2.09. The summed E-state index contributed by atoms with van der Waals surface area (Å²) in [5.74, 6) is 0. The Morgan fingerprint density at radius 2 is 1.17 bits per heavy atom. The van der Waals surface area contributed by atoms with Gasteiger partial charge in [0.05, 0.1) is 23.2 Å². The van der Waals surface area contributed by atoms with Gasteiger partial charge in [0.1, 0.15) is 0 Å². The Hall–Kier alpha value is 0.930. The van der Waals surface area contributed by atoms with Crippen LogP contribution < -0.4 is 0 Å². The van der Waals surface area contributed by atoms with E-state index in [-0.39, 0.29) is 26.2 Å². The molecule has 74 valence electrons. The van der Waals surface area contributed by atoms with Crippen LogP contribution in [0, 0.1) is 5.41 Å². The van der Waals surface area contributed by atoms with E-state index in [1.54, 1.807) is 0 Å². The Kier molecular flexibility index (Phi) is 5.36. The number of aliphatic hydroxyl groups excluding tert-OH is 3. The maximum absolute atomic E-state index is 8.92. The number of aliphatic hydroxyl groups is 3. The summed E-state index contributed by atoms with van der Waals surface area (Å²) in [5, 5.41) is 26.8. The third kappa shape index (κ3) is 4.25. The number of hydrogen-bond acceptors (Lipinski definition) is 6. The molecule has 3 nitrogen and oxygen atoms in total. The van der Waals surface area contributed by atoms with Crippen LogP contribution in [0.4, 0.5) is 0 Å². The summed E-state index contributed by atoms with van der Waals surface area (Å²) >= 11 is 12.0. The molecule has 0 amide bonds. The van der Waals surface area contributed by atoms with Crippen LogP contribution in [-0.4, -0.2) is 38.6 Å². The lowest BCUT2D eigenvalue weighted by Crippen LogP contribution is -2.37. The van der Waals surface area contributed by atoms with Gasteiger partial charge in [-0.25, -0.2) is 0 Å². The first-order chi connectivity index (χ1) is 5.39. The molecule has 0 aromatic heterocycles. The van der Waals surface area contributed by atoms with Crippen LogP contribution >= 0.6 is 37.9 Å². The van der Waals surface area contributed by atoms with Crippen LogP contribution in [0.3, 0.4) is 0 Å². The normalized spacial score (nSPS) is 13.5. The maximum Gasteiger partial charge on any atom is 0.0988 e. The predicted octanol–water partition coefficient (Wildman–Crippen LogP) is -0.217. The van der Waals surface area contributed by atoms with Gasteiger partial charge in [0, 0.05) is 5.41 Å². The van der Waals surface area contributed by atoms with Gasteiger partial charge in [-0.05, 0) is 6.42 Å². The fourth-order valence-electron chi connectivity index (χ4n) is 0.821. The van der Waals surface area contributed by atoms with E-state index in [1.165, 1.54) is 0 Å². The van der Waals surface area contributed by atoms with Crippen molar-refractivity contribution in [3.63, 3.8) is 0 Å². The molecular formula is C6H14O3S3. The molecule has 0 aliphatic rings. The zero-order valence-electron chi connectivity index (χ0n) is 6.51. The van der Waals surface area contributed by atoms with Crippen LogP contribution in [-0.2, 0) is 0 Å². The minimum atomic E-state index is -0.953. The van der Waals surface area contributed by atoms with Gasteiger partial charge < -0.3 is 15.3 Å². The fourth-order valence-corrected chi connectivity index (χ4v) is 1.83. The second-order valence-corrected chi connectivity index (χ2v) is 6.27. The summed E-state index contributed by atoms with van der Waals surface area (Å²) in [6.07, 6.45) is 0.207. The minimum absolute atomic E-state index is 0.207. The third-order valence-electron chi connectivity index (χ3n) is 1.62. The molecule has 12 heavy (non-hydrogen) atoms. The molecule has 0 aliphatic heterocycles. The summed E-state index contributed by atoms with van der Waals surface area (Å²) in [7, 11) is 0. The molecule has 0 spiro atoms. The zero-order chi connectivity index (χ0) is 9.83. The van der Waals surface area contributed by atoms with Crippen molar-refractivity contribution in [2.45, 2.75) is 9.83 Å². The Bertz CT molecular complexity index is 122. The summed E-state index contributed by atoms with van der Waals surface area (Å²) in [6.45, 7) is -0.948. The van der Waals surface area contributed by atoms with Crippen molar-refractivity contribution in [1.29, 1.82) is 0 Å². The highest BCUT2D eigenvalue weighted by Crippen LogP contribution is 2.37. The predicted molar refractivity (Wildman–Crippen MR) is 58.0 cm³/mol. The molecule has 0 aromatic carbocycles. The lowest BCUT2D eigenvalue weighted by atomic mass is 9.88. The molecule has 0 saturated carbocycles.